The highest BCUT2D eigenvalue weighted by atomic mass is 19.4. The molecular formula is C10H11F3N2O. The summed E-state index contributed by atoms with van der Waals surface area (Å²) in [5, 5.41) is 9.39. The van der Waals surface area contributed by atoms with E-state index in [1.807, 2.05) is 0 Å². The van der Waals surface area contributed by atoms with Crippen LogP contribution >= 0.6 is 0 Å². The van der Waals surface area contributed by atoms with E-state index in [4.69, 9.17) is 0 Å². The average molecular weight is 232 g/mol. The Morgan fingerprint density at radius 3 is 2.62 bits per heavy atom. The maximum atomic E-state index is 12.7. The number of nitrogens with zero attached hydrogens (tertiary/aromatic N) is 2. The molecule has 3 nitrogen and oxygen atoms in total. The molecule has 0 spiro atoms. The normalized spacial score (nSPS) is 20.7. The maximum absolute atomic E-state index is 12.7. The van der Waals surface area contributed by atoms with E-state index in [2.05, 4.69) is 9.97 Å². The van der Waals surface area contributed by atoms with Crippen molar-refractivity contribution < 1.29 is 18.3 Å². The van der Waals surface area contributed by atoms with Crippen molar-refractivity contribution in [1.29, 1.82) is 0 Å². The molecule has 1 aromatic rings. The Bertz CT molecular complexity index is 417. The molecule has 1 unspecified atom stereocenters. The van der Waals surface area contributed by atoms with E-state index >= 15 is 0 Å². The zero-order valence-corrected chi connectivity index (χ0v) is 8.67. The smallest absolute Gasteiger partial charge is 0.393 e. The quantitative estimate of drug-likeness (QED) is 0.739. The van der Waals surface area contributed by atoms with Gasteiger partial charge >= 0.3 is 6.18 Å². The molecule has 2 rings (SSSR count). The molecule has 1 aromatic heterocycles. The zero-order valence-electron chi connectivity index (χ0n) is 8.67. The van der Waals surface area contributed by atoms with Crippen molar-refractivity contribution in [3.8, 4) is 0 Å². The van der Waals surface area contributed by atoms with Gasteiger partial charge in [0.2, 0.25) is 0 Å². The van der Waals surface area contributed by atoms with E-state index in [-0.39, 0.29) is 17.8 Å². The summed E-state index contributed by atoms with van der Waals surface area (Å²) in [6, 6.07) is 0. The second kappa shape index (κ2) is 3.69. The van der Waals surface area contributed by atoms with E-state index < -0.39 is 18.0 Å². The van der Waals surface area contributed by atoms with Gasteiger partial charge < -0.3 is 5.11 Å². The molecule has 0 amide bonds. The van der Waals surface area contributed by atoms with Gasteiger partial charge in [-0.3, -0.25) is 0 Å². The fourth-order valence-electron chi connectivity index (χ4n) is 1.95. The molecule has 0 aromatic carbocycles. The molecule has 88 valence electrons. The number of rotatable bonds is 0. The summed E-state index contributed by atoms with van der Waals surface area (Å²) in [6.07, 6.45) is -4.37. The summed E-state index contributed by atoms with van der Waals surface area (Å²) in [7, 11) is 0. The van der Waals surface area contributed by atoms with Gasteiger partial charge in [0.25, 0.3) is 0 Å². The second-order valence-corrected chi connectivity index (χ2v) is 3.94. The van der Waals surface area contributed by atoms with Crippen molar-refractivity contribution in [3.05, 3.63) is 22.8 Å². The summed E-state index contributed by atoms with van der Waals surface area (Å²) >= 11 is 0. The lowest BCUT2D eigenvalue weighted by Crippen LogP contribution is -2.25. The molecule has 1 atom stereocenters. The van der Waals surface area contributed by atoms with Crippen LogP contribution in [0.4, 0.5) is 13.2 Å². The number of halogens is 3. The number of alkyl halides is 3. The van der Waals surface area contributed by atoms with E-state index in [0.29, 0.717) is 18.5 Å². The van der Waals surface area contributed by atoms with Crippen LogP contribution in [0, 0.1) is 6.92 Å². The molecule has 6 heteroatoms. The van der Waals surface area contributed by atoms with Crippen molar-refractivity contribution in [2.45, 2.75) is 38.5 Å². The summed E-state index contributed by atoms with van der Waals surface area (Å²) in [4.78, 5) is 7.45. The van der Waals surface area contributed by atoms with Crippen molar-refractivity contribution in [2.24, 2.45) is 0 Å². The minimum Gasteiger partial charge on any atom is -0.393 e. The van der Waals surface area contributed by atoms with Crippen LogP contribution in [-0.2, 0) is 19.0 Å². The number of hydrogen-bond acceptors (Lipinski definition) is 3. The fraction of sp³-hybridized carbons (Fsp3) is 0.600. The molecule has 16 heavy (non-hydrogen) atoms. The number of aliphatic hydroxyl groups excluding tert-OH is 1. The number of aryl methyl sites for hydroxylation is 2. The van der Waals surface area contributed by atoms with E-state index in [1.54, 1.807) is 0 Å². The Kier molecular flexibility index (Phi) is 2.61. The largest absolute Gasteiger partial charge is 0.433 e. The summed E-state index contributed by atoms with van der Waals surface area (Å²) in [6.45, 7) is 1.44. The molecule has 1 N–H and O–H groups in total. The van der Waals surface area contributed by atoms with Crippen LogP contribution in [-0.4, -0.2) is 21.2 Å². The first-order valence-corrected chi connectivity index (χ1v) is 4.99. The predicted octanol–water partition coefficient (Wildman–Crippen LogP) is 1.65. The number of aromatic nitrogens is 2. The molecule has 1 aliphatic carbocycles. The van der Waals surface area contributed by atoms with Crippen LogP contribution in [0.25, 0.3) is 0 Å². The first-order valence-electron chi connectivity index (χ1n) is 4.99. The molecule has 0 radical (unpaired) electrons. The molecule has 0 bridgehead atoms. The lowest BCUT2D eigenvalue weighted by molar-refractivity contribution is -0.142. The molecule has 0 saturated heterocycles. The van der Waals surface area contributed by atoms with Gasteiger partial charge in [-0.25, -0.2) is 9.97 Å². The Morgan fingerprint density at radius 1 is 1.31 bits per heavy atom. The lowest BCUT2D eigenvalue weighted by Gasteiger charge is -2.23. The zero-order chi connectivity index (χ0) is 11.9. The third kappa shape index (κ3) is 2.02. The minimum atomic E-state index is -4.48. The van der Waals surface area contributed by atoms with Gasteiger partial charge in [-0.05, 0) is 19.8 Å². The first-order chi connectivity index (χ1) is 7.38. The number of fused-ring (bicyclic) bond motifs is 1. The van der Waals surface area contributed by atoms with Gasteiger partial charge in [0.15, 0.2) is 5.69 Å². The van der Waals surface area contributed by atoms with Crippen LogP contribution in [0.3, 0.4) is 0 Å². The van der Waals surface area contributed by atoms with Crippen molar-refractivity contribution in [2.75, 3.05) is 0 Å². The highest BCUT2D eigenvalue weighted by molar-refractivity contribution is 5.31. The molecule has 0 aliphatic heterocycles. The van der Waals surface area contributed by atoms with Gasteiger partial charge in [-0.15, -0.1) is 0 Å². The van der Waals surface area contributed by atoms with Crippen LogP contribution < -0.4 is 0 Å². The topological polar surface area (TPSA) is 46.0 Å². The maximum Gasteiger partial charge on any atom is 0.433 e. The van der Waals surface area contributed by atoms with Crippen LogP contribution in [0.15, 0.2) is 0 Å². The van der Waals surface area contributed by atoms with Gasteiger partial charge in [0.1, 0.15) is 5.82 Å². The first kappa shape index (κ1) is 11.3. The van der Waals surface area contributed by atoms with Gasteiger partial charge in [-0.2, -0.15) is 13.2 Å². The van der Waals surface area contributed by atoms with Crippen molar-refractivity contribution in [1.82, 2.24) is 9.97 Å². The van der Waals surface area contributed by atoms with Gasteiger partial charge in [-0.1, -0.05) is 0 Å². The van der Waals surface area contributed by atoms with Crippen LogP contribution in [0.2, 0.25) is 0 Å². The highest BCUT2D eigenvalue weighted by Gasteiger charge is 2.38. The summed E-state index contributed by atoms with van der Waals surface area (Å²) in [5.74, 6) is 0.127. The van der Waals surface area contributed by atoms with Crippen molar-refractivity contribution >= 4 is 0 Å². The fourth-order valence-corrected chi connectivity index (χ4v) is 1.95. The predicted molar refractivity (Wildman–Crippen MR) is 49.8 cm³/mol. The Morgan fingerprint density at radius 2 is 2.00 bits per heavy atom. The second-order valence-electron chi connectivity index (χ2n) is 3.94. The standard InChI is InChI=1S/C10H11F3N2O/c1-5-14-8-3-2-6(16)4-7(8)9(15-5)10(11,12)13/h6,16H,2-4H2,1H3. The van der Waals surface area contributed by atoms with Crippen LogP contribution in [0.1, 0.15) is 29.2 Å². The van der Waals surface area contributed by atoms with E-state index in [9.17, 15) is 18.3 Å². The third-order valence-electron chi connectivity index (χ3n) is 2.63. The SMILES string of the molecule is Cc1nc2c(c(C(F)(F)F)n1)CC(O)CC2. The Balaban J connectivity index is 2.56. The van der Waals surface area contributed by atoms with E-state index in [1.165, 1.54) is 6.92 Å². The highest BCUT2D eigenvalue weighted by Crippen LogP contribution is 2.34. The minimum absolute atomic E-state index is 0.00947. The molecule has 1 heterocycles. The van der Waals surface area contributed by atoms with Crippen molar-refractivity contribution in [3.63, 3.8) is 0 Å². The molecule has 0 saturated carbocycles. The lowest BCUT2D eigenvalue weighted by atomic mass is 9.92. The van der Waals surface area contributed by atoms with Gasteiger partial charge in [0.05, 0.1) is 6.10 Å². The Hall–Kier alpha value is -1.17. The molecule has 0 fully saturated rings. The molecular weight excluding hydrogens is 221 g/mol. The van der Waals surface area contributed by atoms with E-state index in [0.717, 1.165) is 0 Å². The number of aliphatic hydroxyl groups is 1. The Labute approximate surface area is 90.3 Å². The third-order valence-corrected chi connectivity index (χ3v) is 2.63. The summed E-state index contributed by atoms with van der Waals surface area (Å²) in [5.41, 5.74) is -0.421. The monoisotopic (exact) mass is 232 g/mol. The average Bonchev–Trinajstić information content (AvgIpc) is 2.16. The molecule has 1 aliphatic rings. The summed E-state index contributed by atoms with van der Waals surface area (Å²) < 4.78 is 38.1. The van der Waals surface area contributed by atoms with Crippen LogP contribution in [0.5, 0.6) is 0 Å². The number of hydrogen-bond donors (Lipinski definition) is 1. The van der Waals surface area contributed by atoms with Gasteiger partial charge in [0, 0.05) is 17.7 Å².